The molecule has 11 heteroatoms. The molecule has 1 N–H and O–H groups in total. The van der Waals surface area contributed by atoms with Gasteiger partial charge in [0.25, 0.3) is 0 Å². The molecule has 0 aliphatic carbocycles. The molecule has 0 unspecified atom stereocenters. The minimum Gasteiger partial charge on any atom is -0.481 e. The smallest absolute Gasteiger partial charge is 0.228 e. The molecule has 0 bridgehead atoms. The standard InChI is InChI=1S/C24H24N10O/c1-32-14-17(11-15-5-4-8-25-23(15)35-3)22-31-30-20-12-16(13-21(32)34(20)22)18-6-9-26-24(28-18)29-19-7-10-27-33(19)2/h4-10,12-13,17H,11,14H2,1-3H3,(H,26,28,29)/t17-/m0/s1. The van der Waals surface area contributed by atoms with E-state index in [-0.39, 0.29) is 5.92 Å². The van der Waals surface area contributed by atoms with Crippen LogP contribution in [0.5, 0.6) is 5.88 Å². The third-order valence-corrected chi connectivity index (χ3v) is 6.28. The fourth-order valence-electron chi connectivity index (χ4n) is 4.60. The molecule has 0 aromatic carbocycles. The summed E-state index contributed by atoms with van der Waals surface area (Å²) in [4.78, 5) is 15.7. The van der Waals surface area contributed by atoms with E-state index in [9.17, 15) is 0 Å². The molecule has 1 atom stereocenters. The maximum Gasteiger partial charge on any atom is 0.228 e. The van der Waals surface area contributed by atoms with Crippen molar-refractivity contribution in [3.63, 3.8) is 0 Å². The van der Waals surface area contributed by atoms with Gasteiger partial charge in [-0.1, -0.05) is 6.07 Å². The Morgan fingerprint density at radius 1 is 1.06 bits per heavy atom. The fourth-order valence-corrected chi connectivity index (χ4v) is 4.60. The molecular weight excluding hydrogens is 444 g/mol. The second-order valence-corrected chi connectivity index (χ2v) is 8.54. The van der Waals surface area contributed by atoms with Gasteiger partial charge in [0.1, 0.15) is 17.5 Å². The van der Waals surface area contributed by atoms with Crippen molar-refractivity contribution in [2.75, 3.05) is 30.9 Å². The SMILES string of the molecule is COc1ncccc1C[C@H]1CN(C)c2cc(-c3ccnc(Nc4ccnn4C)n3)cc3nnc1n23. The number of pyridine rings is 2. The summed E-state index contributed by atoms with van der Waals surface area (Å²) in [6.45, 7) is 0.798. The van der Waals surface area contributed by atoms with Crippen LogP contribution in [0.15, 0.2) is 55.0 Å². The van der Waals surface area contributed by atoms with Gasteiger partial charge >= 0.3 is 0 Å². The normalized spacial score (nSPS) is 14.9. The van der Waals surface area contributed by atoms with E-state index in [1.165, 1.54) is 0 Å². The van der Waals surface area contributed by atoms with Crippen molar-refractivity contribution >= 4 is 23.2 Å². The molecule has 11 nitrogen and oxygen atoms in total. The number of likely N-dealkylation sites (N-methyl/N-ethyl adjacent to an activating group) is 1. The van der Waals surface area contributed by atoms with Gasteiger partial charge in [-0.3, -0.25) is 9.08 Å². The first kappa shape index (κ1) is 21.0. The first-order valence-electron chi connectivity index (χ1n) is 11.3. The largest absolute Gasteiger partial charge is 0.481 e. The summed E-state index contributed by atoms with van der Waals surface area (Å²) in [6, 6.07) is 11.9. The Kier molecular flexibility index (Phi) is 5.02. The molecule has 0 spiro atoms. The van der Waals surface area contributed by atoms with Crippen LogP contribution in [-0.2, 0) is 13.5 Å². The molecule has 0 saturated heterocycles. The molecular formula is C24H24N10O. The molecule has 35 heavy (non-hydrogen) atoms. The minimum absolute atomic E-state index is 0.153. The number of aryl methyl sites for hydroxylation is 1. The van der Waals surface area contributed by atoms with Gasteiger partial charge in [0.2, 0.25) is 11.8 Å². The molecule has 6 heterocycles. The third-order valence-electron chi connectivity index (χ3n) is 6.28. The van der Waals surface area contributed by atoms with E-state index in [0.29, 0.717) is 11.8 Å². The zero-order chi connectivity index (χ0) is 23.9. The quantitative estimate of drug-likeness (QED) is 0.402. The van der Waals surface area contributed by atoms with Crippen molar-refractivity contribution in [2.45, 2.75) is 12.3 Å². The fraction of sp³-hybridized carbons (Fsp3) is 0.250. The summed E-state index contributed by atoms with van der Waals surface area (Å²) in [5.41, 5.74) is 3.58. The van der Waals surface area contributed by atoms with Crippen LogP contribution < -0.4 is 15.0 Å². The topological polar surface area (TPSA) is 111 Å². The predicted molar refractivity (Wildman–Crippen MR) is 131 cm³/mol. The van der Waals surface area contributed by atoms with Crippen molar-refractivity contribution in [1.82, 2.24) is 39.3 Å². The summed E-state index contributed by atoms with van der Waals surface area (Å²) >= 11 is 0. The first-order chi connectivity index (χ1) is 17.1. The molecule has 6 rings (SSSR count). The van der Waals surface area contributed by atoms with E-state index in [1.807, 2.05) is 31.3 Å². The van der Waals surface area contributed by atoms with Crippen molar-refractivity contribution in [1.29, 1.82) is 0 Å². The number of rotatable bonds is 6. The summed E-state index contributed by atoms with van der Waals surface area (Å²) in [5.74, 6) is 4.07. The lowest BCUT2D eigenvalue weighted by molar-refractivity contribution is 0.390. The molecule has 5 aromatic rings. The molecule has 176 valence electrons. The predicted octanol–water partition coefficient (Wildman–Crippen LogP) is 2.84. The lowest BCUT2D eigenvalue weighted by Crippen LogP contribution is -2.33. The van der Waals surface area contributed by atoms with Crippen molar-refractivity contribution in [3.05, 3.63) is 66.4 Å². The second-order valence-electron chi connectivity index (χ2n) is 8.54. The summed E-state index contributed by atoms with van der Waals surface area (Å²) in [6.07, 6.45) is 5.97. The highest BCUT2D eigenvalue weighted by Crippen LogP contribution is 2.35. The number of hydrogen-bond acceptors (Lipinski definition) is 9. The van der Waals surface area contributed by atoms with Crippen LogP contribution in [0.25, 0.3) is 16.9 Å². The van der Waals surface area contributed by atoms with Crippen LogP contribution in [0.1, 0.15) is 17.3 Å². The van der Waals surface area contributed by atoms with E-state index in [4.69, 9.17) is 9.72 Å². The minimum atomic E-state index is 0.153. The molecule has 0 radical (unpaired) electrons. The Bertz CT molecular complexity index is 1520. The summed E-state index contributed by atoms with van der Waals surface area (Å²) in [7, 11) is 5.60. The zero-order valence-corrected chi connectivity index (χ0v) is 19.6. The lowest BCUT2D eigenvalue weighted by atomic mass is 9.97. The first-order valence-corrected chi connectivity index (χ1v) is 11.3. The number of anilines is 3. The Labute approximate surface area is 201 Å². The lowest BCUT2D eigenvalue weighted by Gasteiger charge is -2.31. The second kappa shape index (κ2) is 8.35. The maximum atomic E-state index is 5.46. The average Bonchev–Trinajstić information content (AvgIpc) is 3.49. The maximum absolute atomic E-state index is 5.46. The van der Waals surface area contributed by atoms with E-state index in [2.05, 4.69) is 59.1 Å². The van der Waals surface area contributed by atoms with E-state index in [0.717, 1.165) is 52.9 Å². The summed E-state index contributed by atoms with van der Waals surface area (Å²) in [5, 5.41) is 16.5. The summed E-state index contributed by atoms with van der Waals surface area (Å²) < 4.78 is 9.32. The van der Waals surface area contributed by atoms with Crippen LogP contribution >= 0.6 is 0 Å². The highest BCUT2D eigenvalue weighted by Gasteiger charge is 2.29. The van der Waals surface area contributed by atoms with Crippen LogP contribution in [0.2, 0.25) is 0 Å². The van der Waals surface area contributed by atoms with Gasteiger partial charge in [-0.2, -0.15) is 5.10 Å². The molecule has 1 aliphatic rings. The molecule has 0 amide bonds. The van der Waals surface area contributed by atoms with Gasteiger partial charge in [0.15, 0.2) is 5.65 Å². The van der Waals surface area contributed by atoms with Gasteiger partial charge < -0.3 is 15.0 Å². The number of ether oxygens (including phenoxy) is 1. The highest BCUT2D eigenvalue weighted by atomic mass is 16.5. The van der Waals surface area contributed by atoms with E-state index >= 15 is 0 Å². The van der Waals surface area contributed by atoms with Crippen LogP contribution in [0, 0.1) is 0 Å². The van der Waals surface area contributed by atoms with Crippen molar-refractivity contribution < 1.29 is 4.74 Å². The van der Waals surface area contributed by atoms with Gasteiger partial charge in [-0.15, -0.1) is 10.2 Å². The molecule has 0 saturated carbocycles. The highest BCUT2D eigenvalue weighted by molar-refractivity contribution is 5.71. The van der Waals surface area contributed by atoms with Gasteiger partial charge in [-0.05, 0) is 30.7 Å². The Morgan fingerprint density at radius 2 is 1.97 bits per heavy atom. The van der Waals surface area contributed by atoms with Crippen LogP contribution in [0.4, 0.5) is 17.6 Å². The van der Waals surface area contributed by atoms with Gasteiger partial charge in [0.05, 0.1) is 19.0 Å². The number of aromatic nitrogens is 8. The number of nitrogens with one attached hydrogen (secondary N) is 1. The number of nitrogens with zero attached hydrogens (tertiary/aromatic N) is 9. The van der Waals surface area contributed by atoms with Crippen LogP contribution in [0.3, 0.4) is 0 Å². The third kappa shape index (κ3) is 3.70. The van der Waals surface area contributed by atoms with Crippen molar-refractivity contribution in [2.24, 2.45) is 7.05 Å². The zero-order valence-electron chi connectivity index (χ0n) is 19.6. The molecule has 0 fully saturated rings. The van der Waals surface area contributed by atoms with Crippen LogP contribution in [-0.4, -0.2) is 60.0 Å². The Hall–Kier alpha value is -4.54. The van der Waals surface area contributed by atoms with E-state index in [1.54, 1.807) is 30.4 Å². The number of hydrogen-bond donors (Lipinski definition) is 1. The van der Waals surface area contributed by atoms with Crippen molar-refractivity contribution in [3.8, 4) is 17.1 Å². The monoisotopic (exact) mass is 468 g/mol. The van der Waals surface area contributed by atoms with Gasteiger partial charge in [-0.25, -0.2) is 15.0 Å². The number of methoxy groups -OCH3 is 1. The van der Waals surface area contributed by atoms with E-state index < -0.39 is 0 Å². The van der Waals surface area contributed by atoms with Gasteiger partial charge in [0, 0.05) is 56.1 Å². The Morgan fingerprint density at radius 3 is 2.80 bits per heavy atom. The molecule has 5 aromatic heterocycles. The molecule has 1 aliphatic heterocycles. The average molecular weight is 469 g/mol. The Balaban J connectivity index is 1.36.